The van der Waals surface area contributed by atoms with E-state index in [2.05, 4.69) is 119 Å². The van der Waals surface area contributed by atoms with E-state index in [9.17, 15) is 0 Å². The normalized spacial score (nSPS) is 24.5. The Bertz CT molecular complexity index is 1380. The fourth-order valence-corrected chi connectivity index (χ4v) is 7.27. The molecule has 1 aliphatic heterocycles. The van der Waals surface area contributed by atoms with Crippen molar-refractivity contribution in [3.63, 3.8) is 0 Å². The van der Waals surface area contributed by atoms with Crippen LogP contribution < -0.4 is 0 Å². The van der Waals surface area contributed by atoms with Gasteiger partial charge in [0.15, 0.2) is 5.71 Å². The smallest absolute Gasteiger partial charge is 0.195 e. The van der Waals surface area contributed by atoms with Crippen LogP contribution in [0.15, 0.2) is 94.6 Å². The fraction of sp³-hybridized carbons (Fsp3) is 0.400. The van der Waals surface area contributed by atoms with Crippen molar-refractivity contribution in [2.45, 2.75) is 84.0 Å². The summed E-state index contributed by atoms with van der Waals surface area (Å²) < 4.78 is 2.45. The van der Waals surface area contributed by atoms with Crippen molar-refractivity contribution in [3.05, 3.63) is 111 Å². The molecule has 0 aromatic heterocycles. The molecule has 37 heavy (non-hydrogen) atoms. The summed E-state index contributed by atoms with van der Waals surface area (Å²) in [6, 6.07) is 17.8. The minimum Gasteiger partial charge on any atom is -0.195 e. The zero-order valence-electron chi connectivity index (χ0n) is 23.4. The molecule has 2 aliphatic carbocycles. The number of fused-ring (bicyclic) bond motifs is 2. The highest BCUT2D eigenvalue weighted by Gasteiger charge is 2.43. The number of hydrogen-bond donors (Lipinski definition) is 0. The Kier molecular flexibility index (Phi) is 6.96. The number of halogens is 1. The molecule has 1 unspecified atom stereocenters. The molecule has 192 valence electrons. The molecule has 0 saturated heterocycles. The van der Waals surface area contributed by atoms with Crippen molar-refractivity contribution in [2.24, 2.45) is 0 Å². The molecule has 3 aliphatic rings. The minimum atomic E-state index is -0.0217. The highest BCUT2D eigenvalue weighted by molar-refractivity contribution is 6.32. The number of para-hydroxylation sites is 1. The van der Waals surface area contributed by atoms with E-state index in [1.54, 1.807) is 0 Å². The number of allylic oxidation sites excluding steroid dienone is 8. The van der Waals surface area contributed by atoms with E-state index in [0.717, 1.165) is 37.3 Å². The molecule has 2 aromatic rings. The van der Waals surface area contributed by atoms with Crippen LogP contribution in [-0.4, -0.2) is 16.8 Å². The van der Waals surface area contributed by atoms with Crippen LogP contribution in [0.25, 0.3) is 0 Å². The second-order valence-corrected chi connectivity index (χ2v) is 12.2. The van der Waals surface area contributed by atoms with Crippen LogP contribution in [0.3, 0.4) is 0 Å². The van der Waals surface area contributed by atoms with Crippen molar-refractivity contribution in [1.82, 2.24) is 0 Å². The van der Waals surface area contributed by atoms with E-state index in [1.165, 1.54) is 44.8 Å². The summed E-state index contributed by atoms with van der Waals surface area (Å²) in [5, 5.41) is 0.942. The average Bonchev–Trinajstić information content (AvgIpc) is 3.25. The molecular formula is C35H41ClN+. The van der Waals surface area contributed by atoms with Crippen LogP contribution in [0.5, 0.6) is 0 Å². The quantitative estimate of drug-likeness (QED) is 0.352. The van der Waals surface area contributed by atoms with Gasteiger partial charge < -0.3 is 0 Å². The third-order valence-corrected chi connectivity index (χ3v) is 9.48. The van der Waals surface area contributed by atoms with Gasteiger partial charge in [-0.15, -0.1) is 0 Å². The maximum atomic E-state index is 7.09. The molecule has 1 heterocycles. The second-order valence-electron chi connectivity index (χ2n) is 11.8. The van der Waals surface area contributed by atoms with Crippen LogP contribution >= 0.6 is 11.6 Å². The van der Waals surface area contributed by atoms with E-state index in [4.69, 9.17) is 11.6 Å². The van der Waals surface area contributed by atoms with E-state index in [-0.39, 0.29) is 10.8 Å². The number of benzene rings is 2. The molecule has 0 amide bonds. The van der Waals surface area contributed by atoms with E-state index in [1.807, 2.05) is 0 Å². The SMILES string of the molecule is CCC1/C(=C/C=C2\CCCC(/C=C/C3=[N+](CC)c4ccccc4C3(C)C)=C2Cl)C(C)(C)c2ccccc21. The van der Waals surface area contributed by atoms with Gasteiger partial charge >= 0.3 is 0 Å². The van der Waals surface area contributed by atoms with Crippen LogP contribution in [0.1, 0.15) is 89.8 Å². The minimum absolute atomic E-state index is 0.0217. The third kappa shape index (κ3) is 4.30. The fourth-order valence-electron chi connectivity index (χ4n) is 6.95. The Morgan fingerprint density at radius 2 is 1.57 bits per heavy atom. The van der Waals surface area contributed by atoms with Crippen molar-refractivity contribution < 1.29 is 4.58 Å². The van der Waals surface area contributed by atoms with Gasteiger partial charge in [0.2, 0.25) is 5.69 Å². The van der Waals surface area contributed by atoms with Crippen LogP contribution in [0, 0.1) is 0 Å². The molecule has 0 spiro atoms. The van der Waals surface area contributed by atoms with Crippen molar-refractivity contribution in [1.29, 1.82) is 0 Å². The number of rotatable bonds is 5. The topological polar surface area (TPSA) is 3.01 Å². The zero-order chi connectivity index (χ0) is 26.4. The molecule has 1 atom stereocenters. The van der Waals surface area contributed by atoms with Gasteiger partial charge in [-0.05, 0) is 68.7 Å². The van der Waals surface area contributed by atoms with Gasteiger partial charge in [-0.1, -0.05) is 98.6 Å². The third-order valence-electron chi connectivity index (χ3n) is 8.99. The second kappa shape index (κ2) is 9.91. The highest BCUT2D eigenvalue weighted by Crippen LogP contribution is 2.51. The van der Waals surface area contributed by atoms with Gasteiger partial charge in [-0.2, -0.15) is 4.58 Å². The molecule has 2 heteroatoms. The lowest BCUT2D eigenvalue weighted by Gasteiger charge is -2.24. The lowest BCUT2D eigenvalue weighted by molar-refractivity contribution is -0.433. The molecule has 2 aromatic carbocycles. The summed E-state index contributed by atoms with van der Waals surface area (Å²) >= 11 is 7.09. The Hall–Kier alpha value is -2.64. The number of nitrogens with zero attached hydrogens (tertiary/aromatic N) is 1. The average molecular weight is 511 g/mol. The van der Waals surface area contributed by atoms with Gasteiger partial charge in [-0.3, -0.25) is 0 Å². The molecule has 0 N–H and O–H groups in total. The Labute approximate surface area is 229 Å². The Balaban J connectivity index is 1.48. The van der Waals surface area contributed by atoms with Gasteiger partial charge in [0, 0.05) is 34.1 Å². The summed E-state index contributed by atoms with van der Waals surface area (Å²) in [5.41, 5.74) is 11.1. The van der Waals surface area contributed by atoms with Crippen molar-refractivity contribution >= 4 is 23.0 Å². The standard InChI is InChI=1S/C35H41ClN/c1-7-26-27-16-9-10-17-28(27)34(3,4)29(26)22-20-24-14-13-15-25(33(24)36)21-23-32-35(5,6)30-18-11-12-19-31(30)37(32)8-2/h9-12,16-23,26H,7-8,13-15H2,1-6H3/q+1/b23-21+,24-20+,29-22-. The maximum Gasteiger partial charge on any atom is 0.209 e. The molecule has 0 saturated carbocycles. The van der Waals surface area contributed by atoms with E-state index in [0.29, 0.717) is 5.92 Å². The molecule has 1 nitrogen and oxygen atoms in total. The molecule has 0 fully saturated rings. The van der Waals surface area contributed by atoms with Gasteiger partial charge in [0.1, 0.15) is 6.54 Å². The summed E-state index contributed by atoms with van der Waals surface area (Å²) in [7, 11) is 0. The predicted octanol–water partition coefficient (Wildman–Crippen LogP) is 9.65. The van der Waals surface area contributed by atoms with Crippen molar-refractivity contribution in [3.8, 4) is 0 Å². The first-order chi connectivity index (χ1) is 17.7. The summed E-state index contributed by atoms with van der Waals surface area (Å²) in [5.74, 6) is 0.483. The van der Waals surface area contributed by atoms with Crippen molar-refractivity contribution in [2.75, 3.05) is 6.54 Å². The van der Waals surface area contributed by atoms with Gasteiger partial charge in [0.25, 0.3) is 0 Å². The zero-order valence-corrected chi connectivity index (χ0v) is 24.1. The summed E-state index contributed by atoms with van der Waals surface area (Å²) in [4.78, 5) is 0. The van der Waals surface area contributed by atoms with E-state index >= 15 is 0 Å². The van der Waals surface area contributed by atoms with E-state index < -0.39 is 0 Å². The molecule has 0 radical (unpaired) electrons. The highest BCUT2D eigenvalue weighted by atomic mass is 35.5. The summed E-state index contributed by atoms with van der Waals surface area (Å²) in [6.07, 6.45) is 13.7. The Morgan fingerprint density at radius 3 is 2.30 bits per heavy atom. The van der Waals surface area contributed by atoms with Gasteiger partial charge in [-0.25, -0.2) is 0 Å². The van der Waals surface area contributed by atoms with Gasteiger partial charge in [0.05, 0.1) is 5.41 Å². The largest absolute Gasteiger partial charge is 0.209 e. The lowest BCUT2D eigenvalue weighted by Crippen LogP contribution is -2.27. The first-order valence-corrected chi connectivity index (χ1v) is 14.4. The first kappa shape index (κ1) is 26.0. The maximum absolute atomic E-state index is 7.09. The number of hydrogen-bond acceptors (Lipinski definition) is 0. The van der Waals surface area contributed by atoms with Crippen LogP contribution in [0.2, 0.25) is 0 Å². The van der Waals surface area contributed by atoms with Crippen LogP contribution in [0.4, 0.5) is 5.69 Å². The summed E-state index contributed by atoms with van der Waals surface area (Å²) in [6.45, 7) is 14.9. The molecule has 5 rings (SSSR count). The molecular weight excluding hydrogens is 470 g/mol. The lowest BCUT2D eigenvalue weighted by atomic mass is 9.80. The predicted molar refractivity (Wildman–Crippen MR) is 159 cm³/mol. The first-order valence-electron chi connectivity index (χ1n) is 14.0. The Morgan fingerprint density at radius 1 is 0.865 bits per heavy atom. The molecule has 0 bridgehead atoms. The monoisotopic (exact) mass is 510 g/mol. The van der Waals surface area contributed by atoms with Crippen LogP contribution in [-0.2, 0) is 10.8 Å².